The molecular formula is C19H21N3O4. The van der Waals surface area contributed by atoms with E-state index in [1.165, 1.54) is 18.4 Å². The minimum absolute atomic E-state index is 0.0112. The Morgan fingerprint density at radius 2 is 1.81 bits per heavy atom. The highest BCUT2D eigenvalue weighted by Crippen LogP contribution is 2.16. The number of carbonyl (C=O) groups is 3. The highest BCUT2D eigenvalue weighted by Gasteiger charge is 2.09. The van der Waals surface area contributed by atoms with E-state index in [4.69, 9.17) is 4.42 Å². The molecule has 2 aromatic rings. The standard InChI is InChI=1S/C19H21N3O4/c1-13-5-6-14(2)16(12-13)20-17(23)9-10-19(25)22-21-18(24)8-7-15-4-3-11-26-15/h3-8,11-12H,9-10H2,1-2H3,(H,20,23)(H,21,24)(H,22,25). The maximum Gasteiger partial charge on any atom is 0.262 e. The maximum absolute atomic E-state index is 12.0. The molecular weight excluding hydrogens is 334 g/mol. The molecule has 7 nitrogen and oxygen atoms in total. The zero-order valence-electron chi connectivity index (χ0n) is 14.7. The average molecular weight is 355 g/mol. The maximum atomic E-state index is 12.0. The van der Waals surface area contributed by atoms with E-state index in [0.717, 1.165) is 16.8 Å². The lowest BCUT2D eigenvalue weighted by atomic mass is 10.1. The predicted octanol–water partition coefficient (Wildman–Crippen LogP) is 2.48. The van der Waals surface area contributed by atoms with E-state index < -0.39 is 11.8 Å². The fourth-order valence-corrected chi connectivity index (χ4v) is 2.09. The second-order valence-corrected chi connectivity index (χ2v) is 5.75. The van der Waals surface area contributed by atoms with Crippen molar-refractivity contribution in [1.29, 1.82) is 0 Å². The molecule has 1 aromatic heterocycles. The third kappa shape index (κ3) is 6.27. The fourth-order valence-electron chi connectivity index (χ4n) is 2.09. The van der Waals surface area contributed by atoms with E-state index in [2.05, 4.69) is 16.2 Å². The summed E-state index contributed by atoms with van der Waals surface area (Å²) in [4.78, 5) is 35.2. The molecule has 2 rings (SSSR count). The summed E-state index contributed by atoms with van der Waals surface area (Å²) in [5.41, 5.74) is 7.20. The summed E-state index contributed by atoms with van der Waals surface area (Å²) in [6.45, 7) is 3.83. The average Bonchev–Trinajstić information content (AvgIpc) is 3.13. The van der Waals surface area contributed by atoms with Crippen molar-refractivity contribution in [2.24, 2.45) is 0 Å². The summed E-state index contributed by atoms with van der Waals surface area (Å²) < 4.78 is 5.04. The van der Waals surface area contributed by atoms with Gasteiger partial charge in [-0.1, -0.05) is 12.1 Å². The number of anilines is 1. The Hall–Kier alpha value is -3.35. The zero-order chi connectivity index (χ0) is 18.9. The number of amides is 3. The summed E-state index contributed by atoms with van der Waals surface area (Å²) in [6, 6.07) is 9.14. The molecule has 0 unspecified atom stereocenters. The van der Waals surface area contributed by atoms with E-state index in [0.29, 0.717) is 5.76 Å². The topological polar surface area (TPSA) is 100 Å². The Bertz CT molecular complexity index is 810. The molecule has 0 saturated heterocycles. The van der Waals surface area contributed by atoms with E-state index in [1.54, 1.807) is 12.1 Å². The largest absolute Gasteiger partial charge is 0.465 e. The van der Waals surface area contributed by atoms with Gasteiger partial charge in [0.05, 0.1) is 6.26 Å². The third-order valence-electron chi connectivity index (χ3n) is 3.51. The molecule has 7 heteroatoms. The number of aryl methyl sites for hydroxylation is 2. The molecule has 1 heterocycles. The Morgan fingerprint density at radius 3 is 2.54 bits per heavy atom. The first-order valence-electron chi connectivity index (χ1n) is 8.11. The number of nitrogens with one attached hydrogen (secondary N) is 3. The van der Waals surface area contributed by atoms with Gasteiger partial charge in [-0.25, -0.2) is 0 Å². The van der Waals surface area contributed by atoms with Crippen LogP contribution in [0.3, 0.4) is 0 Å². The van der Waals surface area contributed by atoms with Crippen LogP contribution in [0.15, 0.2) is 47.1 Å². The Balaban J connectivity index is 1.70. The van der Waals surface area contributed by atoms with Crippen LogP contribution in [0.1, 0.15) is 29.7 Å². The van der Waals surface area contributed by atoms with Crippen molar-refractivity contribution in [3.63, 3.8) is 0 Å². The Kier molecular flexibility index (Phi) is 6.73. The van der Waals surface area contributed by atoms with Crippen molar-refractivity contribution in [2.75, 3.05) is 5.32 Å². The fraction of sp³-hybridized carbons (Fsp3) is 0.211. The van der Waals surface area contributed by atoms with E-state index in [-0.39, 0.29) is 18.7 Å². The van der Waals surface area contributed by atoms with Crippen LogP contribution >= 0.6 is 0 Å². The molecule has 0 radical (unpaired) electrons. The molecule has 0 atom stereocenters. The van der Waals surface area contributed by atoms with Crippen molar-refractivity contribution in [3.8, 4) is 0 Å². The minimum atomic E-state index is -0.505. The highest BCUT2D eigenvalue weighted by atomic mass is 16.3. The first kappa shape index (κ1) is 19.0. The summed E-state index contributed by atoms with van der Waals surface area (Å²) in [5, 5.41) is 2.78. The first-order valence-corrected chi connectivity index (χ1v) is 8.11. The SMILES string of the molecule is Cc1ccc(C)c(NC(=O)CCC(=O)NNC(=O)C=Cc2ccco2)c1. The smallest absolute Gasteiger partial charge is 0.262 e. The number of rotatable bonds is 6. The molecule has 0 aliphatic heterocycles. The number of hydrogen-bond donors (Lipinski definition) is 3. The van der Waals surface area contributed by atoms with Crippen LogP contribution in [-0.4, -0.2) is 17.7 Å². The van der Waals surface area contributed by atoms with Gasteiger partial charge in [0.25, 0.3) is 5.91 Å². The summed E-state index contributed by atoms with van der Waals surface area (Å²) in [6.07, 6.45) is 4.16. The van der Waals surface area contributed by atoms with Crippen molar-refractivity contribution in [2.45, 2.75) is 26.7 Å². The quantitative estimate of drug-likeness (QED) is 0.547. The molecule has 1 aromatic carbocycles. The van der Waals surface area contributed by atoms with Gasteiger partial charge in [0.1, 0.15) is 5.76 Å². The molecule has 0 fully saturated rings. The highest BCUT2D eigenvalue weighted by molar-refractivity contribution is 5.95. The van der Waals surface area contributed by atoms with Crippen molar-refractivity contribution in [3.05, 3.63) is 59.6 Å². The van der Waals surface area contributed by atoms with Crippen LogP contribution in [0.2, 0.25) is 0 Å². The van der Waals surface area contributed by atoms with Crippen molar-refractivity contribution in [1.82, 2.24) is 10.9 Å². The predicted molar refractivity (Wildman–Crippen MR) is 97.8 cm³/mol. The Labute approximate surface area is 151 Å². The van der Waals surface area contributed by atoms with Gasteiger partial charge in [0.2, 0.25) is 11.8 Å². The molecule has 3 amide bonds. The van der Waals surface area contributed by atoms with E-state index >= 15 is 0 Å². The number of carbonyl (C=O) groups excluding carboxylic acids is 3. The van der Waals surface area contributed by atoms with Crippen LogP contribution in [-0.2, 0) is 14.4 Å². The molecule has 26 heavy (non-hydrogen) atoms. The van der Waals surface area contributed by atoms with Crippen LogP contribution < -0.4 is 16.2 Å². The van der Waals surface area contributed by atoms with Crippen molar-refractivity contribution < 1.29 is 18.8 Å². The summed E-state index contributed by atoms with van der Waals surface area (Å²) >= 11 is 0. The normalized spacial score (nSPS) is 10.5. The molecule has 0 saturated carbocycles. The lowest BCUT2D eigenvalue weighted by Crippen LogP contribution is -2.41. The Morgan fingerprint density at radius 1 is 1.04 bits per heavy atom. The monoisotopic (exact) mass is 355 g/mol. The molecule has 3 N–H and O–H groups in total. The minimum Gasteiger partial charge on any atom is -0.465 e. The number of furan rings is 1. The molecule has 0 aliphatic carbocycles. The van der Waals surface area contributed by atoms with Crippen LogP contribution in [0.4, 0.5) is 5.69 Å². The van der Waals surface area contributed by atoms with Crippen LogP contribution in [0.25, 0.3) is 6.08 Å². The second kappa shape index (κ2) is 9.22. The summed E-state index contributed by atoms with van der Waals surface area (Å²) in [5.74, 6) is -0.706. The molecule has 136 valence electrons. The number of hydrogen-bond acceptors (Lipinski definition) is 4. The second-order valence-electron chi connectivity index (χ2n) is 5.75. The van der Waals surface area contributed by atoms with Crippen LogP contribution in [0.5, 0.6) is 0 Å². The van der Waals surface area contributed by atoms with Gasteiger partial charge in [0, 0.05) is 24.6 Å². The van der Waals surface area contributed by atoms with Gasteiger partial charge in [-0.15, -0.1) is 0 Å². The van der Waals surface area contributed by atoms with E-state index in [9.17, 15) is 14.4 Å². The van der Waals surface area contributed by atoms with Gasteiger partial charge in [0.15, 0.2) is 0 Å². The van der Waals surface area contributed by atoms with E-state index in [1.807, 2.05) is 32.0 Å². The van der Waals surface area contributed by atoms with Crippen LogP contribution in [0, 0.1) is 13.8 Å². The lowest BCUT2D eigenvalue weighted by Gasteiger charge is -2.09. The molecule has 0 aliphatic rings. The first-order chi connectivity index (χ1) is 12.4. The summed E-state index contributed by atoms with van der Waals surface area (Å²) in [7, 11) is 0. The van der Waals surface area contributed by atoms with Gasteiger partial charge in [-0.05, 0) is 49.2 Å². The van der Waals surface area contributed by atoms with Crippen molar-refractivity contribution >= 4 is 29.5 Å². The number of hydrazine groups is 1. The lowest BCUT2D eigenvalue weighted by molar-refractivity contribution is -0.128. The number of benzene rings is 1. The molecule has 0 spiro atoms. The van der Waals surface area contributed by atoms with Gasteiger partial charge >= 0.3 is 0 Å². The van der Waals surface area contributed by atoms with Gasteiger partial charge in [-0.3, -0.25) is 25.2 Å². The van der Waals surface area contributed by atoms with Gasteiger partial charge < -0.3 is 9.73 Å². The zero-order valence-corrected chi connectivity index (χ0v) is 14.7. The third-order valence-corrected chi connectivity index (χ3v) is 3.51. The van der Waals surface area contributed by atoms with Gasteiger partial charge in [-0.2, -0.15) is 0 Å². The molecule has 0 bridgehead atoms.